The minimum atomic E-state index is -0.506. The largest absolute Gasteiger partial charge is 0.382 e. The maximum Gasteiger partial charge on any atom is 0.240 e. The van der Waals surface area contributed by atoms with E-state index in [0.717, 1.165) is 0 Å². The molecule has 0 fully saturated rings. The molecular formula is C12H9FN8. The van der Waals surface area contributed by atoms with Crippen LogP contribution in [0, 0.1) is 5.82 Å². The van der Waals surface area contributed by atoms with Gasteiger partial charge in [-0.2, -0.15) is 10.1 Å². The molecule has 0 spiro atoms. The highest BCUT2D eigenvalue weighted by atomic mass is 19.1. The van der Waals surface area contributed by atoms with E-state index in [1.165, 1.54) is 10.7 Å². The van der Waals surface area contributed by atoms with Crippen LogP contribution < -0.4 is 11.5 Å². The zero-order valence-electron chi connectivity index (χ0n) is 10.6. The van der Waals surface area contributed by atoms with E-state index in [1.807, 2.05) is 0 Å². The third-order valence-corrected chi connectivity index (χ3v) is 3.14. The fourth-order valence-corrected chi connectivity index (χ4v) is 2.29. The minimum absolute atomic E-state index is 0.0282. The van der Waals surface area contributed by atoms with Gasteiger partial charge in [-0.25, -0.2) is 18.4 Å². The van der Waals surface area contributed by atoms with Gasteiger partial charge in [0.1, 0.15) is 5.52 Å². The molecule has 9 heteroatoms. The van der Waals surface area contributed by atoms with Gasteiger partial charge in [0, 0.05) is 12.4 Å². The van der Waals surface area contributed by atoms with E-state index in [4.69, 9.17) is 11.5 Å². The molecule has 0 unspecified atom stereocenters. The average molecular weight is 284 g/mol. The molecule has 0 aliphatic rings. The monoisotopic (exact) mass is 284 g/mol. The molecule has 0 aliphatic carbocycles. The molecule has 0 amide bonds. The summed E-state index contributed by atoms with van der Waals surface area (Å²) in [7, 11) is 0. The van der Waals surface area contributed by atoms with Crippen LogP contribution in [-0.2, 0) is 0 Å². The van der Waals surface area contributed by atoms with Crippen molar-refractivity contribution in [1.29, 1.82) is 0 Å². The molecule has 4 N–H and O–H groups in total. The molecule has 0 saturated heterocycles. The van der Waals surface area contributed by atoms with E-state index in [0.29, 0.717) is 16.9 Å². The highest BCUT2D eigenvalue weighted by molar-refractivity contribution is 5.87. The Kier molecular flexibility index (Phi) is 2.14. The highest BCUT2D eigenvalue weighted by Gasteiger charge is 2.19. The number of fused-ring (bicyclic) bond motifs is 2. The normalized spacial score (nSPS) is 11.5. The second kappa shape index (κ2) is 3.88. The Bertz CT molecular complexity index is 986. The summed E-state index contributed by atoms with van der Waals surface area (Å²) >= 11 is 0. The molecule has 0 radical (unpaired) electrons. The predicted octanol–water partition coefficient (Wildman–Crippen LogP) is 0.742. The number of halogens is 1. The van der Waals surface area contributed by atoms with Gasteiger partial charge in [0.05, 0.1) is 17.5 Å². The number of imidazole rings is 1. The Morgan fingerprint density at radius 3 is 2.81 bits per heavy atom. The van der Waals surface area contributed by atoms with Crippen LogP contribution in [0.1, 0.15) is 0 Å². The fourth-order valence-electron chi connectivity index (χ4n) is 2.29. The molecule has 0 bridgehead atoms. The Morgan fingerprint density at radius 2 is 1.95 bits per heavy atom. The van der Waals surface area contributed by atoms with Gasteiger partial charge >= 0.3 is 0 Å². The second-order valence-corrected chi connectivity index (χ2v) is 4.45. The van der Waals surface area contributed by atoms with Gasteiger partial charge in [0.15, 0.2) is 17.3 Å². The molecular weight excluding hydrogens is 275 g/mol. The number of anilines is 2. The summed E-state index contributed by atoms with van der Waals surface area (Å²) < 4.78 is 17.1. The molecule has 8 nitrogen and oxygen atoms in total. The zero-order valence-corrected chi connectivity index (χ0v) is 10.6. The van der Waals surface area contributed by atoms with Crippen LogP contribution in [0.4, 0.5) is 16.2 Å². The van der Waals surface area contributed by atoms with Gasteiger partial charge in [-0.1, -0.05) is 0 Å². The second-order valence-electron chi connectivity index (χ2n) is 4.45. The molecule has 0 aliphatic heterocycles. The number of nitrogens with two attached hydrogens (primary N) is 2. The Labute approximate surface area is 116 Å². The van der Waals surface area contributed by atoms with Crippen molar-refractivity contribution in [2.45, 2.75) is 0 Å². The first-order chi connectivity index (χ1) is 10.1. The Hall–Kier alpha value is -3.23. The number of nitrogen functional groups attached to an aromatic ring is 2. The SMILES string of the molecule is Nc1nc(N)c2c(-c3ccc4nccn4n3)c(F)cn2n1. The lowest BCUT2D eigenvalue weighted by Gasteiger charge is -2.03. The third kappa shape index (κ3) is 1.60. The van der Waals surface area contributed by atoms with E-state index < -0.39 is 5.82 Å². The van der Waals surface area contributed by atoms with Crippen LogP contribution in [-0.4, -0.2) is 29.2 Å². The van der Waals surface area contributed by atoms with E-state index in [1.54, 1.807) is 29.0 Å². The molecule has 0 aromatic carbocycles. The van der Waals surface area contributed by atoms with E-state index in [2.05, 4.69) is 20.2 Å². The van der Waals surface area contributed by atoms with Crippen molar-refractivity contribution in [1.82, 2.24) is 29.2 Å². The Balaban J connectivity index is 2.07. The van der Waals surface area contributed by atoms with Crippen molar-refractivity contribution in [2.75, 3.05) is 11.5 Å². The first-order valence-electron chi connectivity index (χ1n) is 6.04. The lowest BCUT2D eigenvalue weighted by Crippen LogP contribution is -2.05. The Morgan fingerprint density at radius 1 is 1.10 bits per heavy atom. The summed E-state index contributed by atoms with van der Waals surface area (Å²) in [6, 6.07) is 3.40. The van der Waals surface area contributed by atoms with Crippen molar-refractivity contribution in [3.05, 3.63) is 36.5 Å². The zero-order chi connectivity index (χ0) is 14.6. The lowest BCUT2D eigenvalue weighted by molar-refractivity contribution is 0.627. The van der Waals surface area contributed by atoms with Gasteiger partial charge < -0.3 is 11.5 Å². The number of nitrogens with zero attached hydrogens (tertiary/aromatic N) is 6. The fraction of sp³-hybridized carbons (Fsp3) is 0. The smallest absolute Gasteiger partial charge is 0.240 e. The van der Waals surface area contributed by atoms with Crippen molar-refractivity contribution in [3.63, 3.8) is 0 Å². The summed E-state index contributed by atoms with van der Waals surface area (Å²) in [6.07, 6.45) is 4.48. The molecule has 104 valence electrons. The van der Waals surface area contributed by atoms with Crippen molar-refractivity contribution < 1.29 is 4.39 Å². The van der Waals surface area contributed by atoms with Crippen molar-refractivity contribution in [2.24, 2.45) is 0 Å². The summed E-state index contributed by atoms with van der Waals surface area (Å²) in [5.74, 6) is -0.443. The lowest BCUT2D eigenvalue weighted by atomic mass is 10.2. The van der Waals surface area contributed by atoms with Gasteiger partial charge in [-0.05, 0) is 12.1 Å². The predicted molar refractivity (Wildman–Crippen MR) is 73.8 cm³/mol. The first kappa shape index (κ1) is 11.6. The van der Waals surface area contributed by atoms with Gasteiger partial charge in [0.2, 0.25) is 5.95 Å². The highest BCUT2D eigenvalue weighted by Crippen LogP contribution is 2.30. The maximum absolute atomic E-state index is 14.3. The summed E-state index contributed by atoms with van der Waals surface area (Å²) in [5, 5.41) is 8.22. The third-order valence-electron chi connectivity index (χ3n) is 3.14. The quantitative estimate of drug-likeness (QED) is 0.533. The molecule has 4 rings (SSSR count). The molecule has 0 atom stereocenters. The van der Waals surface area contributed by atoms with Crippen LogP contribution in [0.3, 0.4) is 0 Å². The van der Waals surface area contributed by atoms with Crippen LogP contribution in [0.2, 0.25) is 0 Å². The first-order valence-corrected chi connectivity index (χ1v) is 6.04. The summed E-state index contributed by atoms with van der Waals surface area (Å²) in [6.45, 7) is 0. The molecule has 4 aromatic rings. The van der Waals surface area contributed by atoms with E-state index in [9.17, 15) is 4.39 Å². The van der Waals surface area contributed by atoms with Crippen LogP contribution in [0.25, 0.3) is 22.4 Å². The van der Waals surface area contributed by atoms with Crippen molar-refractivity contribution in [3.8, 4) is 11.3 Å². The van der Waals surface area contributed by atoms with Crippen LogP contribution >= 0.6 is 0 Å². The number of hydrogen-bond donors (Lipinski definition) is 2. The average Bonchev–Trinajstić information content (AvgIpc) is 3.01. The number of hydrogen-bond acceptors (Lipinski definition) is 6. The standard InChI is InChI=1S/C12H9FN8/c13-6-5-21-10(11(14)17-12(15)19-21)9(6)7-1-2-8-16-3-4-20(8)18-7/h1-5H,(H4,14,15,17,19). The number of rotatable bonds is 1. The van der Waals surface area contributed by atoms with E-state index in [-0.39, 0.29) is 17.3 Å². The molecule has 21 heavy (non-hydrogen) atoms. The topological polar surface area (TPSA) is 112 Å². The summed E-state index contributed by atoms with van der Waals surface area (Å²) in [4.78, 5) is 7.95. The van der Waals surface area contributed by atoms with Crippen LogP contribution in [0.5, 0.6) is 0 Å². The molecule has 4 aromatic heterocycles. The molecule has 0 saturated carbocycles. The maximum atomic E-state index is 14.3. The van der Waals surface area contributed by atoms with Gasteiger partial charge in [-0.3, -0.25) is 0 Å². The number of aromatic nitrogens is 6. The van der Waals surface area contributed by atoms with Gasteiger partial charge in [-0.15, -0.1) is 5.10 Å². The minimum Gasteiger partial charge on any atom is -0.382 e. The van der Waals surface area contributed by atoms with E-state index >= 15 is 0 Å². The summed E-state index contributed by atoms with van der Waals surface area (Å²) in [5.41, 5.74) is 13.0. The van der Waals surface area contributed by atoms with Crippen LogP contribution in [0.15, 0.2) is 30.7 Å². The van der Waals surface area contributed by atoms with Gasteiger partial charge in [0.25, 0.3) is 0 Å². The van der Waals surface area contributed by atoms with Crippen molar-refractivity contribution >= 4 is 22.9 Å². The molecule has 4 heterocycles.